The fraction of sp³-hybridized carbons (Fsp3) is 0.240. The van der Waals surface area contributed by atoms with Crippen molar-refractivity contribution in [2.24, 2.45) is 5.92 Å². The van der Waals surface area contributed by atoms with Crippen LogP contribution in [-0.4, -0.2) is 24.9 Å². The van der Waals surface area contributed by atoms with Crippen molar-refractivity contribution in [3.63, 3.8) is 0 Å². The molecule has 1 fully saturated rings. The molecule has 0 saturated carbocycles. The molecule has 1 N–H and O–H groups in total. The largest absolute Gasteiger partial charge is 0.534 e. The minimum absolute atomic E-state index is 0.249. The van der Waals surface area contributed by atoms with E-state index in [0.717, 1.165) is 21.3 Å². The van der Waals surface area contributed by atoms with Gasteiger partial charge in [0, 0.05) is 9.26 Å². The van der Waals surface area contributed by atoms with E-state index in [4.69, 9.17) is 0 Å². The first-order valence-corrected chi connectivity index (χ1v) is 13.5. The fourth-order valence-electron chi connectivity index (χ4n) is 4.18. The number of anilines is 1. The Hall–Kier alpha value is -2.71. The maximum atomic E-state index is 13.2. The van der Waals surface area contributed by atoms with Gasteiger partial charge < -0.3 is 14.2 Å². The van der Waals surface area contributed by atoms with Gasteiger partial charge in [0.15, 0.2) is 0 Å². The summed E-state index contributed by atoms with van der Waals surface area (Å²) in [5.41, 5.74) is -3.87. The van der Waals surface area contributed by atoms with E-state index >= 15 is 0 Å². The Balaban J connectivity index is 1.54. The van der Waals surface area contributed by atoms with Crippen molar-refractivity contribution in [3.8, 4) is 5.75 Å². The highest BCUT2D eigenvalue weighted by Crippen LogP contribution is 2.46. The predicted molar refractivity (Wildman–Crippen MR) is 136 cm³/mol. The van der Waals surface area contributed by atoms with Gasteiger partial charge in [-0.15, -0.1) is 0 Å². The zero-order chi connectivity index (χ0) is 27.0. The Bertz CT molecular complexity index is 1360. The summed E-state index contributed by atoms with van der Waals surface area (Å²) in [5.74, 6) is -1.71. The second kappa shape index (κ2) is 10.6. The third-order valence-electron chi connectivity index (χ3n) is 6.04. The molecule has 3 atom stereocenters. The number of rotatable bonds is 8. The first-order chi connectivity index (χ1) is 17.4. The number of benzene rings is 3. The van der Waals surface area contributed by atoms with E-state index in [1.165, 1.54) is 41.3 Å². The quantitative estimate of drug-likeness (QED) is 0.109. The van der Waals surface area contributed by atoms with E-state index in [0.29, 0.717) is 17.7 Å². The summed E-state index contributed by atoms with van der Waals surface area (Å²) < 4.78 is 78.6. The van der Waals surface area contributed by atoms with Gasteiger partial charge in [-0.05, 0) is 95.1 Å². The number of carbonyl (C=O) groups is 1. The molecule has 3 aromatic carbocycles. The van der Waals surface area contributed by atoms with Crippen LogP contribution in [0.15, 0.2) is 72.8 Å². The van der Waals surface area contributed by atoms with Gasteiger partial charge in [-0.1, -0.05) is 24.3 Å². The van der Waals surface area contributed by atoms with Crippen LogP contribution in [0.3, 0.4) is 0 Å². The summed E-state index contributed by atoms with van der Waals surface area (Å²) in [6.45, 7) is 0. The van der Waals surface area contributed by atoms with Crippen molar-refractivity contribution in [2.45, 2.75) is 30.5 Å². The van der Waals surface area contributed by atoms with Crippen LogP contribution < -0.4 is 9.08 Å². The molecule has 3 aromatic rings. The molecular formula is C25H20F4INO5S. The average Bonchev–Trinajstić information content (AvgIpc) is 2.83. The second-order valence-corrected chi connectivity index (χ2v) is 11.2. The number of hydrogen-bond acceptors (Lipinski definition) is 5. The lowest BCUT2D eigenvalue weighted by Crippen LogP contribution is -2.55. The van der Waals surface area contributed by atoms with E-state index in [1.54, 1.807) is 0 Å². The Morgan fingerprint density at radius 3 is 2.14 bits per heavy atom. The highest BCUT2D eigenvalue weighted by Gasteiger charge is 2.49. The molecule has 1 unspecified atom stereocenters. The van der Waals surface area contributed by atoms with E-state index in [2.05, 4.69) is 26.8 Å². The molecule has 1 saturated heterocycles. The topological polar surface area (TPSA) is 83.9 Å². The SMILES string of the molecule is O=C1[C@H](CCC(O)c2ccc(F)cc2)[C@@H](c2ccc(I)cc2)N1c1ccc(OS(=O)(=O)C(F)(F)F)cc1. The molecule has 37 heavy (non-hydrogen) atoms. The summed E-state index contributed by atoms with van der Waals surface area (Å²) in [5, 5.41) is 10.5. The molecule has 0 bridgehead atoms. The van der Waals surface area contributed by atoms with Crippen LogP contribution >= 0.6 is 22.6 Å². The van der Waals surface area contributed by atoms with Crippen LogP contribution in [0.2, 0.25) is 0 Å². The smallest absolute Gasteiger partial charge is 0.388 e. The predicted octanol–water partition coefficient (Wildman–Crippen LogP) is 5.88. The van der Waals surface area contributed by atoms with Crippen molar-refractivity contribution < 1.29 is 40.1 Å². The molecule has 1 aliphatic rings. The molecule has 0 spiro atoms. The fourth-order valence-corrected chi connectivity index (χ4v) is 5.00. The molecule has 6 nitrogen and oxygen atoms in total. The molecule has 0 radical (unpaired) electrons. The van der Waals surface area contributed by atoms with Crippen LogP contribution in [0.25, 0.3) is 0 Å². The molecular weight excluding hydrogens is 629 g/mol. The van der Waals surface area contributed by atoms with Crippen LogP contribution in [0, 0.1) is 15.3 Å². The van der Waals surface area contributed by atoms with Gasteiger partial charge in [0.25, 0.3) is 0 Å². The molecule has 12 heteroatoms. The summed E-state index contributed by atoms with van der Waals surface area (Å²) in [6.07, 6.45) is -0.319. The van der Waals surface area contributed by atoms with Crippen molar-refractivity contribution in [3.05, 3.63) is 93.3 Å². The van der Waals surface area contributed by atoms with Gasteiger partial charge in [0.05, 0.1) is 18.1 Å². The first-order valence-electron chi connectivity index (χ1n) is 11.0. The third-order valence-corrected chi connectivity index (χ3v) is 7.73. The number of hydrogen-bond donors (Lipinski definition) is 1. The lowest BCUT2D eigenvalue weighted by Gasteiger charge is -2.48. The summed E-state index contributed by atoms with van der Waals surface area (Å²) in [4.78, 5) is 14.6. The number of aliphatic hydroxyl groups excluding tert-OH is 1. The molecule has 1 amide bonds. The Labute approximate surface area is 224 Å². The van der Waals surface area contributed by atoms with Crippen molar-refractivity contribution in [1.82, 2.24) is 0 Å². The Kier molecular flexibility index (Phi) is 7.81. The average molecular weight is 649 g/mol. The van der Waals surface area contributed by atoms with Crippen molar-refractivity contribution in [1.29, 1.82) is 0 Å². The number of amides is 1. The lowest BCUT2D eigenvalue weighted by molar-refractivity contribution is -0.131. The molecule has 1 heterocycles. The zero-order valence-electron chi connectivity index (χ0n) is 18.9. The first kappa shape index (κ1) is 27.3. The Morgan fingerprint density at radius 2 is 1.57 bits per heavy atom. The minimum atomic E-state index is -5.82. The number of β-lactam (4-membered cyclic amide) rings is 1. The molecule has 4 rings (SSSR count). The normalized spacial score (nSPS) is 18.9. The van der Waals surface area contributed by atoms with E-state index in [-0.39, 0.29) is 12.3 Å². The Morgan fingerprint density at radius 1 is 0.973 bits per heavy atom. The maximum absolute atomic E-state index is 13.2. The van der Waals surface area contributed by atoms with Crippen LogP contribution in [-0.2, 0) is 14.9 Å². The monoisotopic (exact) mass is 649 g/mol. The van der Waals surface area contributed by atoms with E-state index in [1.807, 2.05) is 24.3 Å². The van der Waals surface area contributed by atoms with E-state index < -0.39 is 45.3 Å². The van der Waals surface area contributed by atoms with Gasteiger partial charge in [0.1, 0.15) is 11.6 Å². The number of nitrogens with zero attached hydrogens (tertiary/aromatic N) is 1. The minimum Gasteiger partial charge on any atom is -0.388 e. The number of alkyl halides is 3. The highest BCUT2D eigenvalue weighted by molar-refractivity contribution is 14.1. The maximum Gasteiger partial charge on any atom is 0.534 e. The van der Waals surface area contributed by atoms with Gasteiger partial charge in [-0.25, -0.2) is 4.39 Å². The van der Waals surface area contributed by atoms with E-state index in [9.17, 15) is 35.9 Å². The van der Waals surface area contributed by atoms with Gasteiger partial charge in [-0.3, -0.25) is 4.79 Å². The zero-order valence-corrected chi connectivity index (χ0v) is 21.9. The summed E-state index contributed by atoms with van der Waals surface area (Å²) in [7, 11) is -5.82. The summed E-state index contributed by atoms with van der Waals surface area (Å²) >= 11 is 2.15. The lowest BCUT2D eigenvalue weighted by atomic mass is 9.78. The van der Waals surface area contributed by atoms with Gasteiger partial charge in [-0.2, -0.15) is 21.6 Å². The molecule has 196 valence electrons. The standard InChI is InChI=1S/C25H20F4INO5S/c26-17-5-1-15(2-6-17)22(32)14-13-21-23(16-3-7-18(30)8-4-16)31(24(21)33)19-9-11-20(12-10-19)36-37(34,35)25(27,28)29/h1-12,21-23,32H,13-14H2/t21-,22?,23-/m1/s1. The summed E-state index contributed by atoms with van der Waals surface area (Å²) in [6, 6.07) is 17.2. The highest BCUT2D eigenvalue weighted by atomic mass is 127. The van der Waals surface area contributed by atoms with Gasteiger partial charge in [0.2, 0.25) is 5.91 Å². The number of aliphatic hydroxyl groups is 1. The molecule has 0 aliphatic carbocycles. The number of carbonyl (C=O) groups excluding carboxylic acids is 1. The van der Waals surface area contributed by atoms with Gasteiger partial charge >= 0.3 is 15.6 Å². The third kappa shape index (κ3) is 5.91. The van der Waals surface area contributed by atoms with Crippen LogP contribution in [0.5, 0.6) is 5.75 Å². The van der Waals surface area contributed by atoms with Crippen LogP contribution in [0.1, 0.15) is 36.1 Å². The van der Waals surface area contributed by atoms with Crippen LogP contribution in [0.4, 0.5) is 23.2 Å². The second-order valence-electron chi connectivity index (χ2n) is 8.43. The molecule has 1 aliphatic heterocycles. The van der Waals surface area contributed by atoms with Crippen molar-refractivity contribution in [2.75, 3.05) is 4.90 Å². The van der Waals surface area contributed by atoms with Crippen molar-refractivity contribution >= 4 is 44.3 Å². The number of halogens is 5. The molecule has 0 aromatic heterocycles.